The molecule has 2 heterocycles. The van der Waals surface area contributed by atoms with Gasteiger partial charge in [-0.15, -0.1) is 0 Å². The Morgan fingerprint density at radius 1 is 0.963 bits per heavy atom. The molecule has 0 radical (unpaired) electrons. The first-order valence-electron chi connectivity index (χ1n) is 8.94. The van der Waals surface area contributed by atoms with Crippen LogP contribution in [0.4, 0.5) is 5.69 Å². The summed E-state index contributed by atoms with van der Waals surface area (Å²) in [5, 5.41) is 3.01. The molecule has 4 heteroatoms. The average Bonchev–Trinajstić information content (AvgIpc) is 3.10. The molecular formula is C23H21N3O. The maximum Gasteiger partial charge on any atom is 0.255 e. The molecule has 0 atom stereocenters. The molecule has 4 nitrogen and oxygen atoms in total. The third kappa shape index (κ3) is 3.34. The van der Waals surface area contributed by atoms with E-state index < -0.39 is 0 Å². The molecule has 2 aromatic heterocycles. The number of hydrogen-bond acceptors (Lipinski definition) is 2. The number of fused-ring (bicyclic) bond motifs is 1. The number of aromatic nitrogens is 2. The highest BCUT2D eigenvalue weighted by atomic mass is 16.1. The molecule has 0 unspecified atom stereocenters. The summed E-state index contributed by atoms with van der Waals surface area (Å²) in [6.45, 7) is 5.99. The lowest BCUT2D eigenvalue weighted by Crippen LogP contribution is -2.13. The minimum atomic E-state index is -0.0980. The van der Waals surface area contributed by atoms with Gasteiger partial charge in [0, 0.05) is 29.2 Å². The quantitative estimate of drug-likeness (QED) is 0.550. The topological polar surface area (TPSA) is 46.4 Å². The number of nitrogens with zero attached hydrogens (tertiary/aromatic N) is 2. The van der Waals surface area contributed by atoms with Crippen molar-refractivity contribution in [2.24, 2.45) is 0 Å². The van der Waals surface area contributed by atoms with Gasteiger partial charge in [0.2, 0.25) is 0 Å². The summed E-state index contributed by atoms with van der Waals surface area (Å²) < 4.78 is 2.02. The molecule has 27 heavy (non-hydrogen) atoms. The zero-order valence-electron chi connectivity index (χ0n) is 15.7. The molecular weight excluding hydrogens is 334 g/mol. The van der Waals surface area contributed by atoms with E-state index in [1.54, 1.807) is 0 Å². The highest BCUT2D eigenvalue weighted by Crippen LogP contribution is 2.24. The van der Waals surface area contributed by atoms with Crippen LogP contribution in [0.2, 0.25) is 0 Å². The standard InChI is InChI=1S/C23H21N3O/c1-15-9-10-16(2)20(12-15)23(27)24-19-8-4-7-18(13-19)21-14-26-11-5-6-17(3)22(26)25-21/h4-14H,1-3H3,(H,24,27). The first kappa shape index (κ1) is 17.0. The van der Waals surface area contributed by atoms with E-state index in [1.165, 1.54) is 0 Å². The van der Waals surface area contributed by atoms with Crippen LogP contribution in [-0.4, -0.2) is 15.3 Å². The van der Waals surface area contributed by atoms with Crippen molar-refractivity contribution in [1.82, 2.24) is 9.38 Å². The number of benzene rings is 2. The fourth-order valence-electron chi connectivity index (χ4n) is 3.23. The maximum absolute atomic E-state index is 12.7. The maximum atomic E-state index is 12.7. The minimum Gasteiger partial charge on any atom is -0.322 e. The molecule has 4 rings (SSSR count). The van der Waals surface area contributed by atoms with Crippen LogP contribution in [0.5, 0.6) is 0 Å². The average molecular weight is 355 g/mol. The van der Waals surface area contributed by atoms with Crippen LogP contribution in [0, 0.1) is 20.8 Å². The number of imidazole rings is 1. The minimum absolute atomic E-state index is 0.0980. The van der Waals surface area contributed by atoms with Crippen LogP contribution >= 0.6 is 0 Å². The Hall–Kier alpha value is -3.40. The van der Waals surface area contributed by atoms with Crippen LogP contribution in [0.1, 0.15) is 27.0 Å². The van der Waals surface area contributed by atoms with E-state index in [0.717, 1.165) is 39.3 Å². The van der Waals surface area contributed by atoms with Crippen molar-refractivity contribution in [3.05, 3.63) is 89.2 Å². The molecule has 0 aliphatic heterocycles. The van der Waals surface area contributed by atoms with Crippen molar-refractivity contribution in [3.63, 3.8) is 0 Å². The SMILES string of the molecule is Cc1ccc(C)c(C(=O)Nc2cccc(-c3cn4cccc(C)c4n3)c2)c1. The van der Waals surface area contributed by atoms with Gasteiger partial charge in [-0.25, -0.2) is 4.98 Å². The zero-order chi connectivity index (χ0) is 19.0. The van der Waals surface area contributed by atoms with Gasteiger partial charge in [-0.2, -0.15) is 0 Å². The van der Waals surface area contributed by atoms with Crippen LogP contribution in [0.25, 0.3) is 16.9 Å². The number of amides is 1. The Balaban J connectivity index is 1.65. The van der Waals surface area contributed by atoms with Crippen molar-refractivity contribution < 1.29 is 4.79 Å². The Morgan fingerprint density at radius 3 is 2.63 bits per heavy atom. The largest absolute Gasteiger partial charge is 0.322 e. The molecule has 0 bridgehead atoms. The zero-order valence-corrected chi connectivity index (χ0v) is 15.7. The number of hydrogen-bond donors (Lipinski definition) is 1. The lowest BCUT2D eigenvalue weighted by molar-refractivity contribution is 0.102. The van der Waals surface area contributed by atoms with Crippen LogP contribution in [0.15, 0.2) is 67.0 Å². The highest BCUT2D eigenvalue weighted by molar-refractivity contribution is 6.05. The van der Waals surface area contributed by atoms with E-state index in [0.29, 0.717) is 5.56 Å². The van der Waals surface area contributed by atoms with E-state index in [1.807, 2.05) is 92.2 Å². The van der Waals surface area contributed by atoms with Crippen molar-refractivity contribution in [1.29, 1.82) is 0 Å². The number of carbonyl (C=O) groups excluding carboxylic acids is 1. The van der Waals surface area contributed by atoms with Gasteiger partial charge in [-0.1, -0.05) is 35.9 Å². The summed E-state index contributed by atoms with van der Waals surface area (Å²) in [7, 11) is 0. The number of rotatable bonds is 3. The van der Waals surface area contributed by atoms with Gasteiger partial charge in [0.05, 0.1) is 5.69 Å². The van der Waals surface area contributed by atoms with E-state index in [4.69, 9.17) is 4.98 Å². The summed E-state index contributed by atoms with van der Waals surface area (Å²) in [6, 6.07) is 17.8. The monoisotopic (exact) mass is 355 g/mol. The summed E-state index contributed by atoms with van der Waals surface area (Å²) in [4.78, 5) is 17.4. The molecule has 0 saturated carbocycles. The molecule has 0 aliphatic rings. The molecule has 2 aromatic carbocycles. The molecule has 0 spiro atoms. The fraction of sp³-hybridized carbons (Fsp3) is 0.130. The van der Waals surface area contributed by atoms with E-state index >= 15 is 0 Å². The van der Waals surface area contributed by atoms with Crippen molar-refractivity contribution in [2.75, 3.05) is 5.32 Å². The first-order chi connectivity index (χ1) is 13.0. The second kappa shape index (κ2) is 6.72. The number of carbonyl (C=O) groups is 1. The Bertz CT molecular complexity index is 1160. The molecule has 0 aliphatic carbocycles. The number of anilines is 1. The Labute approximate surface area is 158 Å². The second-order valence-corrected chi connectivity index (χ2v) is 6.90. The first-order valence-corrected chi connectivity index (χ1v) is 8.94. The second-order valence-electron chi connectivity index (χ2n) is 6.90. The lowest BCUT2D eigenvalue weighted by atomic mass is 10.0. The van der Waals surface area contributed by atoms with Crippen LogP contribution in [0.3, 0.4) is 0 Å². The van der Waals surface area contributed by atoms with Gasteiger partial charge in [-0.3, -0.25) is 4.79 Å². The molecule has 4 aromatic rings. The molecule has 0 fully saturated rings. The molecule has 0 saturated heterocycles. The summed E-state index contributed by atoms with van der Waals surface area (Å²) >= 11 is 0. The predicted molar refractivity (Wildman–Crippen MR) is 109 cm³/mol. The van der Waals surface area contributed by atoms with Gasteiger partial charge in [0.25, 0.3) is 5.91 Å². The van der Waals surface area contributed by atoms with Crippen molar-refractivity contribution >= 4 is 17.2 Å². The van der Waals surface area contributed by atoms with E-state index in [2.05, 4.69) is 5.32 Å². The van der Waals surface area contributed by atoms with Gasteiger partial charge >= 0.3 is 0 Å². The fourth-order valence-corrected chi connectivity index (χ4v) is 3.23. The van der Waals surface area contributed by atoms with Crippen LogP contribution < -0.4 is 5.32 Å². The smallest absolute Gasteiger partial charge is 0.255 e. The van der Waals surface area contributed by atoms with Gasteiger partial charge < -0.3 is 9.72 Å². The van der Waals surface area contributed by atoms with Crippen molar-refractivity contribution in [3.8, 4) is 11.3 Å². The van der Waals surface area contributed by atoms with E-state index in [-0.39, 0.29) is 5.91 Å². The van der Waals surface area contributed by atoms with Gasteiger partial charge in [0.1, 0.15) is 5.65 Å². The summed E-state index contributed by atoms with van der Waals surface area (Å²) in [6.07, 6.45) is 4.00. The Kier molecular flexibility index (Phi) is 4.24. The third-order valence-corrected chi connectivity index (χ3v) is 4.73. The number of pyridine rings is 1. The van der Waals surface area contributed by atoms with Gasteiger partial charge in [-0.05, 0) is 56.2 Å². The molecule has 134 valence electrons. The van der Waals surface area contributed by atoms with Gasteiger partial charge in [0.15, 0.2) is 0 Å². The van der Waals surface area contributed by atoms with E-state index in [9.17, 15) is 4.79 Å². The normalized spacial score (nSPS) is 10.9. The van der Waals surface area contributed by atoms with Crippen molar-refractivity contribution in [2.45, 2.75) is 20.8 Å². The molecule has 1 N–H and O–H groups in total. The number of aryl methyl sites for hydroxylation is 3. The molecule has 1 amide bonds. The number of nitrogens with one attached hydrogen (secondary N) is 1. The summed E-state index contributed by atoms with van der Waals surface area (Å²) in [5.41, 5.74) is 7.41. The predicted octanol–water partition coefficient (Wildman–Crippen LogP) is 5.18. The highest BCUT2D eigenvalue weighted by Gasteiger charge is 2.11. The third-order valence-electron chi connectivity index (χ3n) is 4.73. The Morgan fingerprint density at radius 2 is 1.81 bits per heavy atom. The van der Waals surface area contributed by atoms with Crippen LogP contribution in [-0.2, 0) is 0 Å². The lowest BCUT2D eigenvalue weighted by Gasteiger charge is -2.09. The summed E-state index contributed by atoms with van der Waals surface area (Å²) in [5.74, 6) is -0.0980.